The summed E-state index contributed by atoms with van der Waals surface area (Å²) in [6.45, 7) is 3.91. The van der Waals surface area contributed by atoms with E-state index >= 15 is 0 Å². The molecule has 0 aliphatic carbocycles. The maximum Gasteiger partial charge on any atom is 0.335 e. The summed E-state index contributed by atoms with van der Waals surface area (Å²) in [7, 11) is 1.71. The zero-order valence-electron chi connectivity index (χ0n) is 14.7. The molecule has 132 valence electrons. The second-order valence-corrected chi connectivity index (χ2v) is 6.08. The molecule has 0 unspecified atom stereocenters. The van der Waals surface area contributed by atoms with Gasteiger partial charge in [0.25, 0.3) is 0 Å². The summed E-state index contributed by atoms with van der Waals surface area (Å²) in [6.07, 6.45) is 0.727. The summed E-state index contributed by atoms with van der Waals surface area (Å²) in [5, 5.41) is 9.20. The Morgan fingerprint density at radius 3 is 2.32 bits per heavy atom. The summed E-state index contributed by atoms with van der Waals surface area (Å²) < 4.78 is 5.59. The first kappa shape index (κ1) is 18.5. The van der Waals surface area contributed by atoms with E-state index in [-0.39, 0.29) is 24.0 Å². The molecule has 2 rings (SSSR count). The van der Waals surface area contributed by atoms with Gasteiger partial charge in [-0.25, -0.2) is 4.79 Å². The van der Waals surface area contributed by atoms with Crippen molar-refractivity contribution >= 4 is 17.6 Å². The van der Waals surface area contributed by atoms with Gasteiger partial charge in [0.1, 0.15) is 5.75 Å². The first-order chi connectivity index (χ1) is 11.9. The molecule has 5 nitrogen and oxygen atoms in total. The maximum atomic E-state index is 12.4. The highest BCUT2D eigenvalue weighted by Gasteiger charge is 2.14. The quantitative estimate of drug-likeness (QED) is 0.832. The summed E-state index contributed by atoms with van der Waals surface area (Å²) in [5.74, 6) is -0.287. The van der Waals surface area contributed by atoms with Gasteiger partial charge in [-0.05, 0) is 56.2 Å². The van der Waals surface area contributed by atoms with Gasteiger partial charge < -0.3 is 14.7 Å². The van der Waals surface area contributed by atoms with Gasteiger partial charge in [-0.3, -0.25) is 4.79 Å². The van der Waals surface area contributed by atoms with Gasteiger partial charge >= 0.3 is 5.97 Å². The molecule has 0 aliphatic rings. The summed E-state index contributed by atoms with van der Waals surface area (Å²) in [5.41, 5.74) is 1.68. The molecule has 0 radical (unpaired) electrons. The fourth-order valence-corrected chi connectivity index (χ4v) is 2.52. The average molecular weight is 341 g/mol. The van der Waals surface area contributed by atoms with Gasteiger partial charge in [0.05, 0.1) is 11.7 Å². The average Bonchev–Trinajstić information content (AvgIpc) is 2.59. The van der Waals surface area contributed by atoms with E-state index in [0.717, 1.165) is 11.4 Å². The molecule has 5 heteroatoms. The van der Waals surface area contributed by atoms with Crippen LogP contribution in [0.4, 0.5) is 5.69 Å². The Morgan fingerprint density at radius 2 is 1.72 bits per heavy atom. The molecule has 0 heterocycles. The molecule has 0 atom stereocenters. The van der Waals surface area contributed by atoms with Crippen LogP contribution < -0.4 is 9.64 Å². The topological polar surface area (TPSA) is 66.8 Å². The first-order valence-electron chi connectivity index (χ1n) is 8.23. The number of carbonyl (C=O) groups is 2. The fourth-order valence-electron chi connectivity index (χ4n) is 2.52. The van der Waals surface area contributed by atoms with Gasteiger partial charge in [-0.2, -0.15) is 0 Å². The molecule has 2 aromatic rings. The van der Waals surface area contributed by atoms with Crippen LogP contribution in [0.25, 0.3) is 0 Å². The zero-order valence-corrected chi connectivity index (χ0v) is 14.7. The van der Waals surface area contributed by atoms with Crippen molar-refractivity contribution in [2.75, 3.05) is 11.9 Å². The SMILES string of the molecule is CC(C)Oc1ccc(N(C)C(=O)CCc2ccccc2C(=O)O)cc1. The van der Waals surface area contributed by atoms with Crippen molar-refractivity contribution in [1.29, 1.82) is 0 Å². The Bertz CT molecular complexity index is 738. The van der Waals surface area contributed by atoms with Gasteiger partial charge in [0.2, 0.25) is 5.91 Å². The van der Waals surface area contributed by atoms with Crippen LogP contribution in [0.5, 0.6) is 5.75 Å². The van der Waals surface area contributed by atoms with Crippen molar-refractivity contribution in [3.05, 3.63) is 59.7 Å². The Kier molecular flexibility index (Phi) is 6.17. The van der Waals surface area contributed by atoms with E-state index in [4.69, 9.17) is 4.74 Å². The number of carbonyl (C=O) groups excluding carboxylic acids is 1. The van der Waals surface area contributed by atoms with E-state index in [9.17, 15) is 14.7 Å². The number of hydrogen-bond acceptors (Lipinski definition) is 3. The van der Waals surface area contributed by atoms with E-state index in [1.807, 2.05) is 38.1 Å². The molecular formula is C20H23NO4. The van der Waals surface area contributed by atoms with Crippen LogP contribution >= 0.6 is 0 Å². The van der Waals surface area contributed by atoms with Gasteiger partial charge in [0.15, 0.2) is 0 Å². The molecule has 0 spiro atoms. The van der Waals surface area contributed by atoms with Crippen LogP contribution in [0.3, 0.4) is 0 Å². The van der Waals surface area contributed by atoms with E-state index < -0.39 is 5.97 Å². The number of carboxylic acid groups (broad SMARTS) is 1. The standard InChI is InChI=1S/C20H23NO4/c1-14(2)25-17-11-9-16(10-12-17)21(3)19(22)13-8-15-6-4-5-7-18(15)20(23)24/h4-7,9-12,14H,8,13H2,1-3H3,(H,23,24). The lowest BCUT2D eigenvalue weighted by Gasteiger charge is -2.18. The van der Waals surface area contributed by atoms with E-state index in [0.29, 0.717) is 12.0 Å². The molecule has 1 N–H and O–H groups in total. The molecule has 0 saturated heterocycles. The van der Waals surface area contributed by atoms with E-state index in [1.165, 1.54) is 0 Å². The second kappa shape index (κ2) is 8.33. The molecule has 0 aromatic heterocycles. The highest BCUT2D eigenvalue weighted by atomic mass is 16.5. The molecule has 25 heavy (non-hydrogen) atoms. The number of rotatable bonds is 7. The van der Waals surface area contributed by atoms with Crippen molar-refractivity contribution in [1.82, 2.24) is 0 Å². The van der Waals surface area contributed by atoms with Crippen LogP contribution in [0.2, 0.25) is 0 Å². The first-order valence-corrected chi connectivity index (χ1v) is 8.23. The Balaban J connectivity index is 2.00. The van der Waals surface area contributed by atoms with Gasteiger partial charge in [-0.15, -0.1) is 0 Å². The molecule has 0 saturated carbocycles. The number of anilines is 1. The number of hydrogen-bond donors (Lipinski definition) is 1. The second-order valence-electron chi connectivity index (χ2n) is 6.08. The molecular weight excluding hydrogens is 318 g/mol. The number of ether oxygens (including phenoxy) is 1. The third kappa shape index (κ3) is 5.08. The lowest BCUT2D eigenvalue weighted by atomic mass is 10.0. The van der Waals surface area contributed by atoms with Crippen molar-refractivity contribution in [2.45, 2.75) is 32.8 Å². The number of carboxylic acids is 1. The minimum absolute atomic E-state index is 0.0716. The fraction of sp³-hybridized carbons (Fsp3) is 0.300. The third-order valence-corrected chi connectivity index (χ3v) is 3.83. The van der Waals surface area contributed by atoms with Crippen LogP contribution in [-0.2, 0) is 11.2 Å². The molecule has 1 amide bonds. The Morgan fingerprint density at radius 1 is 1.08 bits per heavy atom. The molecule has 0 bridgehead atoms. The maximum absolute atomic E-state index is 12.4. The van der Waals surface area contributed by atoms with Gasteiger partial charge in [-0.1, -0.05) is 18.2 Å². The Labute approximate surface area is 147 Å². The highest BCUT2D eigenvalue weighted by molar-refractivity contribution is 5.93. The monoisotopic (exact) mass is 341 g/mol. The summed E-state index contributed by atoms with van der Waals surface area (Å²) in [6, 6.07) is 14.1. The highest BCUT2D eigenvalue weighted by Crippen LogP contribution is 2.20. The Hall–Kier alpha value is -2.82. The number of aromatic carboxylic acids is 1. The van der Waals surface area contributed by atoms with Gasteiger partial charge in [0, 0.05) is 19.2 Å². The smallest absolute Gasteiger partial charge is 0.335 e. The normalized spacial score (nSPS) is 10.6. The van der Waals surface area contributed by atoms with Crippen molar-refractivity contribution in [3.8, 4) is 5.75 Å². The minimum atomic E-state index is -0.975. The van der Waals surface area contributed by atoms with Crippen molar-refractivity contribution in [2.24, 2.45) is 0 Å². The lowest BCUT2D eigenvalue weighted by molar-refractivity contribution is -0.118. The number of aryl methyl sites for hydroxylation is 1. The number of nitrogens with zero attached hydrogens (tertiary/aromatic N) is 1. The molecule has 0 aliphatic heterocycles. The predicted molar refractivity (Wildman–Crippen MR) is 97.3 cm³/mol. The van der Waals surface area contributed by atoms with E-state index in [1.54, 1.807) is 36.2 Å². The van der Waals surface area contributed by atoms with E-state index in [2.05, 4.69) is 0 Å². The van der Waals surface area contributed by atoms with Crippen molar-refractivity contribution < 1.29 is 19.4 Å². The summed E-state index contributed by atoms with van der Waals surface area (Å²) >= 11 is 0. The van der Waals surface area contributed by atoms with Crippen LogP contribution in [0, 0.1) is 0 Å². The van der Waals surface area contributed by atoms with Crippen LogP contribution in [0.15, 0.2) is 48.5 Å². The van der Waals surface area contributed by atoms with Crippen LogP contribution in [-0.4, -0.2) is 30.1 Å². The lowest BCUT2D eigenvalue weighted by Crippen LogP contribution is -2.26. The third-order valence-electron chi connectivity index (χ3n) is 3.83. The number of benzene rings is 2. The predicted octanol–water partition coefficient (Wildman–Crippen LogP) is 3.77. The van der Waals surface area contributed by atoms with Crippen molar-refractivity contribution in [3.63, 3.8) is 0 Å². The minimum Gasteiger partial charge on any atom is -0.491 e. The summed E-state index contributed by atoms with van der Waals surface area (Å²) in [4.78, 5) is 25.2. The largest absolute Gasteiger partial charge is 0.491 e. The zero-order chi connectivity index (χ0) is 18.4. The molecule has 0 fully saturated rings. The molecule has 2 aromatic carbocycles. The number of amides is 1. The van der Waals surface area contributed by atoms with Crippen LogP contribution in [0.1, 0.15) is 36.2 Å².